The van der Waals surface area contributed by atoms with Crippen molar-refractivity contribution in [1.29, 1.82) is 0 Å². The second kappa shape index (κ2) is 11.3. The molecule has 0 radical (unpaired) electrons. The average Bonchev–Trinajstić information content (AvgIpc) is 2.84. The number of unbranched alkanes of at least 4 members (excludes halogenated alkanes) is 1. The molecule has 2 aromatic rings. The van der Waals surface area contributed by atoms with Crippen LogP contribution in [-0.2, 0) is 0 Å². The van der Waals surface area contributed by atoms with E-state index in [1.807, 2.05) is 0 Å². The van der Waals surface area contributed by atoms with Crippen LogP contribution in [0, 0.1) is 11.8 Å². The van der Waals surface area contributed by atoms with E-state index in [9.17, 15) is 0 Å². The third-order valence-electron chi connectivity index (χ3n) is 8.45. The van der Waals surface area contributed by atoms with E-state index in [0.717, 1.165) is 23.7 Å². The number of benzene rings is 2. The van der Waals surface area contributed by atoms with E-state index >= 15 is 0 Å². The summed E-state index contributed by atoms with van der Waals surface area (Å²) < 4.78 is 0. The molecular formula is C31H44. The summed E-state index contributed by atoms with van der Waals surface area (Å²) in [6.45, 7) is 4.65. The van der Waals surface area contributed by atoms with Gasteiger partial charge in [-0.05, 0) is 97.3 Å². The summed E-state index contributed by atoms with van der Waals surface area (Å²) in [5.41, 5.74) is 5.88. The summed E-state index contributed by atoms with van der Waals surface area (Å²) in [7, 11) is 0. The van der Waals surface area contributed by atoms with Gasteiger partial charge < -0.3 is 0 Å². The van der Waals surface area contributed by atoms with Crippen molar-refractivity contribution in [3.05, 3.63) is 59.7 Å². The Morgan fingerprint density at radius 2 is 0.935 bits per heavy atom. The molecule has 0 aliphatic heterocycles. The summed E-state index contributed by atoms with van der Waals surface area (Å²) in [5.74, 6) is 3.57. The van der Waals surface area contributed by atoms with Crippen molar-refractivity contribution in [2.45, 2.75) is 109 Å². The highest BCUT2D eigenvalue weighted by molar-refractivity contribution is 5.64. The van der Waals surface area contributed by atoms with Gasteiger partial charge in [0.05, 0.1) is 0 Å². The highest BCUT2D eigenvalue weighted by atomic mass is 14.3. The lowest BCUT2D eigenvalue weighted by atomic mass is 9.76. The number of rotatable bonds is 8. The van der Waals surface area contributed by atoms with Crippen LogP contribution in [0.25, 0.3) is 11.1 Å². The van der Waals surface area contributed by atoms with Crippen molar-refractivity contribution in [1.82, 2.24) is 0 Å². The molecule has 0 atom stereocenters. The molecule has 0 spiro atoms. The van der Waals surface area contributed by atoms with E-state index in [1.54, 1.807) is 11.1 Å². The van der Waals surface area contributed by atoms with E-state index in [-0.39, 0.29) is 0 Å². The van der Waals surface area contributed by atoms with Crippen molar-refractivity contribution in [3.8, 4) is 11.1 Å². The van der Waals surface area contributed by atoms with Crippen molar-refractivity contribution < 1.29 is 0 Å². The molecule has 0 saturated heterocycles. The second-order valence-electron chi connectivity index (χ2n) is 10.6. The van der Waals surface area contributed by atoms with Crippen LogP contribution in [0.15, 0.2) is 48.5 Å². The zero-order valence-corrected chi connectivity index (χ0v) is 20.1. The third-order valence-corrected chi connectivity index (χ3v) is 8.45. The summed E-state index contributed by atoms with van der Waals surface area (Å²) in [5, 5.41) is 0. The topological polar surface area (TPSA) is 0 Å². The Kier molecular flexibility index (Phi) is 8.28. The Labute approximate surface area is 191 Å². The first-order valence-electron chi connectivity index (χ1n) is 13.5. The Hall–Kier alpha value is -1.56. The first kappa shape index (κ1) is 22.6. The van der Waals surface area contributed by atoms with Gasteiger partial charge in [-0.3, -0.25) is 0 Å². The summed E-state index contributed by atoms with van der Waals surface area (Å²) in [6, 6.07) is 19.1. The Bertz CT molecular complexity index is 753. The summed E-state index contributed by atoms with van der Waals surface area (Å²) in [4.78, 5) is 0. The molecule has 4 rings (SSSR count). The monoisotopic (exact) mass is 416 g/mol. The van der Waals surface area contributed by atoms with E-state index < -0.39 is 0 Å². The van der Waals surface area contributed by atoms with Crippen LogP contribution in [0.3, 0.4) is 0 Å². The predicted molar refractivity (Wildman–Crippen MR) is 136 cm³/mol. The van der Waals surface area contributed by atoms with Gasteiger partial charge in [0.25, 0.3) is 0 Å². The summed E-state index contributed by atoms with van der Waals surface area (Å²) >= 11 is 0. The predicted octanol–water partition coefficient (Wildman–Crippen LogP) is 9.89. The zero-order valence-electron chi connectivity index (χ0n) is 20.1. The van der Waals surface area contributed by atoms with Gasteiger partial charge >= 0.3 is 0 Å². The van der Waals surface area contributed by atoms with Gasteiger partial charge in [-0.1, -0.05) is 94.5 Å². The van der Waals surface area contributed by atoms with Crippen LogP contribution in [0.2, 0.25) is 0 Å². The molecule has 2 aliphatic carbocycles. The zero-order chi connectivity index (χ0) is 21.5. The van der Waals surface area contributed by atoms with Crippen LogP contribution in [0.5, 0.6) is 0 Å². The molecule has 168 valence electrons. The van der Waals surface area contributed by atoms with Gasteiger partial charge in [-0.2, -0.15) is 0 Å². The third kappa shape index (κ3) is 6.03. The van der Waals surface area contributed by atoms with E-state index in [0.29, 0.717) is 0 Å². The van der Waals surface area contributed by atoms with Gasteiger partial charge in [0.15, 0.2) is 0 Å². The lowest BCUT2D eigenvalue weighted by Crippen LogP contribution is -2.13. The van der Waals surface area contributed by atoms with Gasteiger partial charge in [-0.25, -0.2) is 0 Å². The van der Waals surface area contributed by atoms with Crippen LogP contribution >= 0.6 is 0 Å². The molecule has 0 unspecified atom stereocenters. The number of hydrogen-bond acceptors (Lipinski definition) is 0. The maximum absolute atomic E-state index is 2.41. The minimum absolute atomic E-state index is 0.789. The molecule has 2 saturated carbocycles. The van der Waals surface area contributed by atoms with Crippen molar-refractivity contribution in [2.75, 3.05) is 0 Å². The summed E-state index contributed by atoms with van der Waals surface area (Å²) in [6.07, 6.45) is 18.3. The van der Waals surface area contributed by atoms with Crippen molar-refractivity contribution in [3.63, 3.8) is 0 Å². The van der Waals surface area contributed by atoms with Gasteiger partial charge in [0.1, 0.15) is 0 Å². The smallest absolute Gasteiger partial charge is 0.0162 e. The fraction of sp³-hybridized carbons (Fsp3) is 0.613. The van der Waals surface area contributed by atoms with E-state index in [2.05, 4.69) is 62.4 Å². The van der Waals surface area contributed by atoms with Crippen LogP contribution < -0.4 is 0 Å². The first-order valence-corrected chi connectivity index (χ1v) is 13.5. The lowest BCUT2D eigenvalue weighted by molar-refractivity contribution is 0.304. The molecule has 0 N–H and O–H groups in total. The maximum Gasteiger partial charge on any atom is -0.0162 e. The Morgan fingerprint density at radius 1 is 0.516 bits per heavy atom. The minimum atomic E-state index is 0.789. The maximum atomic E-state index is 2.41. The molecule has 0 heteroatoms. The molecule has 0 amide bonds. The molecule has 2 fully saturated rings. The number of hydrogen-bond donors (Lipinski definition) is 0. The fourth-order valence-electron chi connectivity index (χ4n) is 6.37. The second-order valence-corrected chi connectivity index (χ2v) is 10.6. The lowest BCUT2D eigenvalue weighted by Gasteiger charge is -2.29. The molecule has 31 heavy (non-hydrogen) atoms. The molecule has 0 aromatic heterocycles. The van der Waals surface area contributed by atoms with Crippen LogP contribution in [0.1, 0.15) is 120 Å². The molecular weight excluding hydrogens is 372 g/mol. The van der Waals surface area contributed by atoms with E-state index in [1.165, 1.54) is 94.6 Å². The molecule has 2 aliphatic rings. The Morgan fingerprint density at radius 3 is 1.32 bits per heavy atom. The van der Waals surface area contributed by atoms with Crippen LogP contribution in [0.4, 0.5) is 0 Å². The molecule has 0 heterocycles. The molecule has 0 bridgehead atoms. The van der Waals surface area contributed by atoms with Gasteiger partial charge in [0.2, 0.25) is 0 Å². The van der Waals surface area contributed by atoms with Gasteiger partial charge in [0, 0.05) is 0 Å². The SMILES string of the molecule is CCCCC1CCC(c2ccc(-c3ccc(C4CCC(CCC)CC4)cc3)cc2)CC1. The molecule has 0 nitrogen and oxygen atoms in total. The van der Waals surface area contributed by atoms with Crippen LogP contribution in [-0.4, -0.2) is 0 Å². The highest BCUT2D eigenvalue weighted by Gasteiger charge is 2.23. The van der Waals surface area contributed by atoms with Gasteiger partial charge in [-0.15, -0.1) is 0 Å². The Balaban J connectivity index is 1.31. The largest absolute Gasteiger partial charge is 0.0654 e. The van der Waals surface area contributed by atoms with E-state index in [4.69, 9.17) is 0 Å². The molecule has 2 aromatic carbocycles. The van der Waals surface area contributed by atoms with Crippen molar-refractivity contribution in [2.24, 2.45) is 11.8 Å². The highest BCUT2D eigenvalue weighted by Crippen LogP contribution is 2.39. The normalized spacial score (nSPS) is 26.6. The first-order chi connectivity index (χ1) is 15.3. The fourth-order valence-corrected chi connectivity index (χ4v) is 6.37. The standard InChI is InChI=1S/C31H44/c1-3-5-7-25-10-14-27(15-11-25)29-18-22-31(23-19-29)30-20-16-28(17-21-30)26-12-8-24(6-4-2)9-13-26/h16-27H,3-15H2,1-2H3. The minimum Gasteiger partial charge on any atom is -0.0654 e. The quantitative estimate of drug-likeness (QED) is 0.401. The van der Waals surface area contributed by atoms with Crippen molar-refractivity contribution >= 4 is 0 Å². The average molecular weight is 417 g/mol.